The van der Waals surface area contributed by atoms with Crippen LogP contribution < -0.4 is 9.47 Å². The molecule has 0 amide bonds. The lowest BCUT2D eigenvalue weighted by Crippen LogP contribution is -2.05. The molecule has 8 heteroatoms. The molecule has 0 saturated carbocycles. The summed E-state index contributed by atoms with van der Waals surface area (Å²) < 4.78 is 25.8. The van der Waals surface area contributed by atoms with Crippen LogP contribution in [0.4, 0.5) is 4.39 Å². The van der Waals surface area contributed by atoms with Crippen LogP contribution in [-0.4, -0.2) is 34.1 Å². The molecule has 0 bridgehead atoms. The molecule has 4 rings (SSSR count). The van der Waals surface area contributed by atoms with Crippen molar-refractivity contribution in [1.29, 1.82) is 0 Å². The summed E-state index contributed by atoms with van der Waals surface area (Å²) in [6.07, 6.45) is -0.482. The Morgan fingerprint density at radius 2 is 1.61 bits per heavy atom. The number of hydrogen-bond acceptors (Lipinski definition) is 6. The van der Waals surface area contributed by atoms with Gasteiger partial charge >= 0.3 is 5.97 Å². The third kappa shape index (κ3) is 8.97. The number of ketones is 1. The van der Waals surface area contributed by atoms with Crippen molar-refractivity contribution in [3.05, 3.63) is 102 Å². The number of carboxylic acid groups (broad SMARTS) is 1. The molecule has 200 valence electrons. The number of Topliss-reactive ketones (excluding diaryl/α,β-unsaturated/α-hetero) is 1. The highest BCUT2D eigenvalue weighted by atomic mass is 19.1. The maximum Gasteiger partial charge on any atom is 0.303 e. The Morgan fingerprint density at radius 3 is 2.34 bits per heavy atom. The van der Waals surface area contributed by atoms with Gasteiger partial charge in [-0.2, -0.15) is 0 Å². The molecule has 2 N–H and O–H groups in total. The van der Waals surface area contributed by atoms with E-state index in [0.29, 0.717) is 12.4 Å². The second-order valence-corrected chi connectivity index (χ2v) is 7.68. The largest absolute Gasteiger partial charge is 0.487 e. The van der Waals surface area contributed by atoms with Crippen molar-refractivity contribution in [2.75, 3.05) is 7.11 Å². The topological polar surface area (TPSA) is 106 Å². The number of para-hydroxylation sites is 1. The van der Waals surface area contributed by atoms with E-state index in [0.717, 1.165) is 35.3 Å². The summed E-state index contributed by atoms with van der Waals surface area (Å²) in [4.78, 5) is 27.2. The Kier molecular flexibility index (Phi) is 12.4. The van der Waals surface area contributed by atoms with Gasteiger partial charge < -0.3 is 19.7 Å². The minimum absolute atomic E-state index is 0.00136. The standard InChI is InChI=1S/C27H22FNO5.C2H6.CH4O/c28-23-15-20(25(30)11-13-27(31)32)9-12-26(23)34-16-18-4-3-6-22(14-18)33-17-21-10-8-19-5-1-2-7-24(19)29-21;2*1-2/h1-10,12,14-15H,11,13,16-17H2,(H,31,32);1-2H3;2H,1H3. The summed E-state index contributed by atoms with van der Waals surface area (Å²) >= 11 is 0. The molecule has 0 aliphatic rings. The third-order valence-electron chi connectivity index (χ3n) is 5.16. The molecule has 0 radical (unpaired) electrons. The molecule has 0 aliphatic carbocycles. The van der Waals surface area contributed by atoms with E-state index in [1.54, 1.807) is 0 Å². The van der Waals surface area contributed by atoms with E-state index < -0.39 is 17.6 Å². The van der Waals surface area contributed by atoms with E-state index in [4.69, 9.17) is 19.7 Å². The number of halogens is 1. The second kappa shape index (κ2) is 15.7. The molecule has 0 unspecified atom stereocenters. The van der Waals surface area contributed by atoms with Crippen LogP contribution in [0.25, 0.3) is 10.9 Å². The number of ether oxygens (including phenoxy) is 2. The molecule has 0 saturated heterocycles. The van der Waals surface area contributed by atoms with Gasteiger partial charge in [-0.15, -0.1) is 0 Å². The van der Waals surface area contributed by atoms with Crippen molar-refractivity contribution < 1.29 is 33.7 Å². The lowest BCUT2D eigenvalue weighted by Gasteiger charge is -2.11. The zero-order valence-electron chi connectivity index (χ0n) is 21.7. The number of carbonyl (C=O) groups is 2. The van der Waals surface area contributed by atoms with Crippen LogP contribution in [0.3, 0.4) is 0 Å². The third-order valence-corrected chi connectivity index (χ3v) is 5.16. The van der Waals surface area contributed by atoms with Crippen LogP contribution in [-0.2, 0) is 18.0 Å². The van der Waals surface area contributed by atoms with Crippen molar-refractivity contribution in [3.8, 4) is 11.5 Å². The fraction of sp³-hybridized carbons (Fsp3) is 0.233. The zero-order chi connectivity index (χ0) is 27.9. The van der Waals surface area contributed by atoms with Gasteiger partial charge in [-0.05, 0) is 48.0 Å². The smallest absolute Gasteiger partial charge is 0.303 e. The van der Waals surface area contributed by atoms with Gasteiger partial charge in [0, 0.05) is 24.5 Å². The summed E-state index contributed by atoms with van der Waals surface area (Å²) in [5.41, 5.74) is 2.61. The minimum atomic E-state index is -1.08. The summed E-state index contributed by atoms with van der Waals surface area (Å²) in [7, 11) is 1.00. The summed E-state index contributed by atoms with van der Waals surface area (Å²) in [5.74, 6) is -1.56. The van der Waals surface area contributed by atoms with Gasteiger partial charge in [-0.1, -0.05) is 50.2 Å². The average Bonchev–Trinajstić information content (AvgIpc) is 2.96. The fourth-order valence-electron chi connectivity index (χ4n) is 3.39. The summed E-state index contributed by atoms with van der Waals surface area (Å²) in [5, 5.41) is 16.7. The lowest BCUT2D eigenvalue weighted by molar-refractivity contribution is -0.136. The van der Waals surface area contributed by atoms with Gasteiger partial charge in [0.1, 0.15) is 19.0 Å². The quantitative estimate of drug-likeness (QED) is 0.239. The maximum absolute atomic E-state index is 14.4. The number of hydrogen-bond donors (Lipinski definition) is 2. The van der Waals surface area contributed by atoms with Crippen molar-refractivity contribution in [2.45, 2.75) is 39.9 Å². The molecule has 38 heavy (non-hydrogen) atoms. The SMILES string of the molecule is CC.CO.O=C(O)CCC(=O)c1ccc(OCc2cccc(OCc3ccc4ccccc4n3)c2)c(F)c1. The van der Waals surface area contributed by atoms with E-state index in [2.05, 4.69) is 4.98 Å². The monoisotopic (exact) mass is 521 g/mol. The number of carbonyl (C=O) groups excluding carboxylic acids is 1. The molecule has 1 heterocycles. The molecule has 1 aromatic heterocycles. The van der Waals surface area contributed by atoms with Crippen LogP contribution in [0.15, 0.2) is 78.9 Å². The first-order valence-corrected chi connectivity index (χ1v) is 12.2. The fourth-order valence-corrected chi connectivity index (χ4v) is 3.39. The van der Waals surface area contributed by atoms with E-state index in [9.17, 15) is 14.0 Å². The first kappa shape index (κ1) is 29.9. The van der Waals surface area contributed by atoms with Gasteiger partial charge in [0.15, 0.2) is 17.3 Å². The van der Waals surface area contributed by atoms with Gasteiger partial charge in [-0.3, -0.25) is 9.59 Å². The van der Waals surface area contributed by atoms with Crippen LogP contribution in [0.2, 0.25) is 0 Å². The van der Waals surface area contributed by atoms with Gasteiger partial charge in [-0.25, -0.2) is 9.37 Å². The molecule has 4 aromatic rings. The Morgan fingerprint density at radius 1 is 0.842 bits per heavy atom. The number of rotatable bonds is 10. The maximum atomic E-state index is 14.4. The normalized spacial score (nSPS) is 9.92. The van der Waals surface area contributed by atoms with Gasteiger partial charge in [0.05, 0.1) is 17.6 Å². The number of aromatic nitrogens is 1. The predicted molar refractivity (Wildman–Crippen MR) is 144 cm³/mol. The summed E-state index contributed by atoms with van der Waals surface area (Å²) in [6, 6.07) is 22.9. The van der Waals surface area contributed by atoms with Crippen molar-refractivity contribution >= 4 is 22.7 Å². The second-order valence-electron chi connectivity index (χ2n) is 7.68. The first-order chi connectivity index (χ1) is 18.5. The van der Waals surface area contributed by atoms with Gasteiger partial charge in [0.2, 0.25) is 0 Å². The highest BCUT2D eigenvalue weighted by Crippen LogP contribution is 2.22. The number of pyridine rings is 1. The molecule has 3 aromatic carbocycles. The Balaban J connectivity index is 0.00000121. The van der Waals surface area contributed by atoms with E-state index >= 15 is 0 Å². The number of nitrogens with zero attached hydrogens (tertiary/aromatic N) is 1. The molecular formula is C30H32FNO6. The molecule has 0 aliphatic heterocycles. The number of aliphatic hydroxyl groups is 1. The number of benzene rings is 3. The number of carboxylic acids is 1. The van der Waals surface area contributed by atoms with Crippen molar-refractivity contribution in [3.63, 3.8) is 0 Å². The Hall–Kier alpha value is -4.30. The highest BCUT2D eigenvalue weighted by molar-refractivity contribution is 5.97. The number of aliphatic hydroxyl groups excluding tert-OH is 1. The minimum Gasteiger partial charge on any atom is -0.487 e. The molecule has 0 fully saturated rings. The van der Waals surface area contributed by atoms with Gasteiger partial charge in [0.25, 0.3) is 0 Å². The van der Waals surface area contributed by atoms with Crippen LogP contribution in [0, 0.1) is 5.82 Å². The van der Waals surface area contributed by atoms with E-state index in [1.165, 1.54) is 12.1 Å². The first-order valence-electron chi connectivity index (χ1n) is 12.2. The van der Waals surface area contributed by atoms with Crippen molar-refractivity contribution in [1.82, 2.24) is 4.98 Å². The lowest BCUT2D eigenvalue weighted by atomic mass is 10.1. The predicted octanol–water partition coefficient (Wildman–Crippen LogP) is 6.21. The van der Waals surface area contributed by atoms with Crippen LogP contribution in [0.5, 0.6) is 11.5 Å². The van der Waals surface area contributed by atoms with Crippen LogP contribution in [0.1, 0.15) is 48.3 Å². The number of fused-ring (bicyclic) bond motifs is 1. The van der Waals surface area contributed by atoms with Crippen molar-refractivity contribution in [2.24, 2.45) is 0 Å². The average molecular weight is 522 g/mol. The molecule has 0 spiro atoms. The van der Waals surface area contributed by atoms with E-state index in [1.807, 2.05) is 74.5 Å². The molecule has 0 atom stereocenters. The number of aliphatic carboxylic acids is 1. The van der Waals surface area contributed by atoms with E-state index in [-0.39, 0.29) is 30.8 Å². The summed E-state index contributed by atoms with van der Waals surface area (Å²) in [6.45, 7) is 4.41. The molecular weight excluding hydrogens is 489 g/mol. The Bertz CT molecular complexity index is 1340. The molecule has 7 nitrogen and oxygen atoms in total. The highest BCUT2D eigenvalue weighted by Gasteiger charge is 2.12. The zero-order valence-corrected chi connectivity index (χ0v) is 21.7. The van der Waals surface area contributed by atoms with Crippen LogP contribution >= 0.6 is 0 Å². The Labute approximate surface area is 221 Å².